The van der Waals surface area contributed by atoms with E-state index in [0.717, 1.165) is 38.4 Å². The first kappa shape index (κ1) is 18.7. The van der Waals surface area contributed by atoms with Gasteiger partial charge in [0.2, 0.25) is 5.91 Å². The molecule has 1 aliphatic heterocycles. The number of carbonyl (C=O) groups is 1. The van der Waals surface area contributed by atoms with Crippen molar-refractivity contribution >= 4 is 11.9 Å². The highest BCUT2D eigenvalue weighted by atomic mass is 16.1. The molecule has 0 radical (unpaired) electrons. The van der Waals surface area contributed by atoms with Gasteiger partial charge in [0.05, 0.1) is 0 Å². The van der Waals surface area contributed by atoms with Gasteiger partial charge in [-0.1, -0.05) is 36.8 Å². The molecule has 1 aromatic carbocycles. The highest BCUT2D eigenvalue weighted by molar-refractivity contribution is 5.80. The Morgan fingerprint density at radius 3 is 2.46 bits per heavy atom. The van der Waals surface area contributed by atoms with E-state index in [9.17, 15) is 4.79 Å². The third-order valence-corrected chi connectivity index (χ3v) is 6.16. The molecule has 1 heterocycles. The molecule has 5 heteroatoms. The molecule has 3 rings (SSSR count). The summed E-state index contributed by atoms with van der Waals surface area (Å²) in [5.41, 5.74) is 1.70. The Labute approximate surface area is 157 Å². The minimum atomic E-state index is 0.153. The van der Waals surface area contributed by atoms with Crippen LogP contribution in [-0.4, -0.2) is 50.5 Å². The van der Waals surface area contributed by atoms with Crippen LogP contribution < -0.4 is 10.6 Å². The highest BCUT2D eigenvalue weighted by Gasteiger charge is 2.38. The Balaban J connectivity index is 1.53. The van der Waals surface area contributed by atoms with Crippen LogP contribution in [0.2, 0.25) is 0 Å². The van der Waals surface area contributed by atoms with Crippen LogP contribution in [0.3, 0.4) is 0 Å². The number of benzene rings is 1. The third kappa shape index (κ3) is 4.19. The average molecular weight is 357 g/mol. The van der Waals surface area contributed by atoms with Crippen LogP contribution in [0, 0.1) is 5.92 Å². The Morgan fingerprint density at radius 1 is 1.23 bits per heavy atom. The smallest absolute Gasteiger partial charge is 0.220 e. The van der Waals surface area contributed by atoms with Crippen molar-refractivity contribution in [3.8, 4) is 0 Å². The van der Waals surface area contributed by atoms with Crippen LogP contribution in [-0.2, 0) is 10.2 Å². The average Bonchev–Trinajstić information content (AvgIpc) is 2.65. The first-order valence-electron chi connectivity index (χ1n) is 9.88. The van der Waals surface area contributed by atoms with E-state index in [1.807, 2.05) is 7.05 Å². The number of rotatable bonds is 5. The maximum absolute atomic E-state index is 11.6. The van der Waals surface area contributed by atoms with Gasteiger partial charge in [-0.15, -0.1) is 0 Å². The van der Waals surface area contributed by atoms with Crippen LogP contribution in [0.5, 0.6) is 0 Å². The SMILES string of the molecule is CN=C(NCC1(c2ccccc2)CCC1)N1CCC(CC(=O)NC)CC1. The van der Waals surface area contributed by atoms with Crippen LogP contribution in [0.4, 0.5) is 0 Å². The number of hydrogen-bond donors (Lipinski definition) is 2. The van der Waals surface area contributed by atoms with Gasteiger partial charge in [-0.25, -0.2) is 0 Å². The summed E-state index contributed by atoms with van der Waals surface area (Å²) in [6.45, 7) is 2.89. The van der Waals surface area contributed by atoms with Gasteiger partial charge in [0, 0.05) is 45.6 Å². The van der Waals surface area contributed by atoms with Crippen molar-refractivity contribution in [1.29, 1.82) is 0 Å². The number of piperidine rings is 1. The zero-order valence-electron chi connectivity index (χ0n) is 16.1. The molecule has 0 unspecified atom stereocenters. The van der Waals surface area contributed by atoms with Crippen molar-refractivity contribution in [2.24, 2.45) is 10.9 Å². The molecular weight excluding hydrogens is 324 g/mol. The fraction of sp³-hybridized carbons (Fsp3) is 0.619. The first-order valence-corrected chi connectivity index (χ1v) is 9.88. The van der Waals surface area contributed by atoms with Crippen LogP contribution in [0.1, 0.15) is 44.1 Å². The second-order valence-corrected chi connectivity index (χ2v) is 7.71. The molecule has 0 atom stereocenters. The lowest BCUT2D eigenvalue weighted by atomic mass is 9.64. The molecule has 0 spiro atoms. The summed E-state index contributed by atoms with van der Waals surface area (Å²) < 4.78 is 0. The lowest BCUT2D eigenvalue weighted by Crippen LogP contribution is -2.51. The monoisotopic (exact) mass is 356 g/mol. The van der Waals surface area contributed by atoms with Gasteiger partial charge in [0.25, 0.3) is 0 Å². The van der Waals surface area contributed by atoms with E-state index in [4.69, 9.17) is 0 Å². The molecule has 1 aliphatic carbocycles. The first-order chi connectivity index (χ1) is 12.7. The molecule has 1 saturated carbocycles. The zero-order chi connectivity index (χ0) is 18.4. The molecular formula is C21H32N4O. The number of hydrogen-bond acceptors (Lipinski definition) is 2. The molecule has 2 aliphatic rings. The summed E-state index contributed by atoms with van der Waals surface area (Å²) in [5.74, 6) is 1.65. The fourth-order valence-electron chi connectivity index (χ4n) is 4.26. The van der Waals surface area contributed by atoms with Gasteiger partial charge >= 0.3 is 0 Å². The lowest BCUT2D eigenvalue weighted by Gasteiger charge is -2.44. The second kappa shape index (κ2) is 8.56. The molecule has 5 nitrogen and oxygen atoms in total. The number of nitrogens with zero attached hydrogens (tertiary/aromatic N) is 2. The maximum atomic E-state index is 11.6. The van der Waals surface area contributed by atoms with Crippen LogP contribution >= 0.6 is 0 Å². The van der Waals surface area contributed by atoms with Crippen molar-refractivity contribution in [1.82, 2.24) is 15.5 Å². The zero-order valence-corrected chi connectivity index (χ0v) is 16.1. The highest BCUT2D eigenvalue weighted by Crippen LogP contribution is 2.43. The molecule has 26 heavy (non-hydrogen) atoms. The normalized spacial score (nSPS) is 20.4. The Bertz CT molecular complexity index is 616. The van der Waals surface area contributed by atoms with E-state index >= 15 is 0 Å². The van der Waals surface area contributed by atoms with Crippen molar-refractivity contribution in [3.63, 3.8) is 0 Å². The van der Waals surface area contributed by atoms with Crippen molar-refractivity contribution in [3.05, 3.63) is 35.9 Å². The number of carbonyl (C=O) groups excluding carboxylic acids is 1. The summed E-state index contributed by atoms with van der Waals surface area (Å²) in [5, 5.41) is 6.38. The van der Waals surface area contributed by atoms with Crippen LogP contribution in [0.15, 0.2) is 35.3 Å². The van der Waals surface area contributed by atoms with E-state index in [0.29, 0.717) is 12.3 Å². The van der Waals surface area contributed by atoms with E-state index in [2.05, 4.69) is 50.9 Å². The molecule has 1 saturated heterocycles. The van der Waals surface area contributed by atoms with Gasteiger partial charge in [-0.2, -0.15) is 0 Å². The van der Waals surface area contributed by atoms with Gasteiger partial charge < -0.3 is 15.5 Å². The lowest BCUT2D eigenvalue weighted by molar-refractivity contribution is -0.121. The number of aliphatic imine (C=N–C) groups is 1. The predicted octanol–water partition coefficient (Wildman–Crippen LogP) is 2.53. The van der Waals surface area contributed by atoms with Crippen molar-refractivity contribution in [2.45, 2.75) is 43.9 Å². The summed E-state index contributed by atoms with van der Waals surface area (Å²) in [4.78, 5) is 18.4. The van der Waals surface area contributed by atoms with Gasteiger partial charge in [0.15, 0.2) is 5.96 Å². The number of likely N-dealkylation sites (tertiary alicyclic amines) is 1. The maximum Gasteiger partial charge on any atom is 0.220 e. The summed E-state index contributed by atoms with van der Waals surface area (Å²) >= 11 is 0. The minimum absolute atomic E-state index is 0.153. The quantitative estimate of drug-likeness (QED) is 0.630. The fourth-order valence-corrected chi connectivity index (χ4v) is 4.26. The Kier molecular flexibility index (Phi) is 6.17. The largest absolute Gasteiger partial charge is 0.359 e. The molecule has 0 aromatic heterocycles. The van der Waals surface area contributed by atoms with Crippen molar-refractivity contribution < 1.29 is 4.79 Å². The van der Waals surface area contributed by atoms with E-state index in [1.165, 1.54) is 24.8 Å². The van der Waals surface area contributed by atoms with Gasteiger partial charge in [-0.05, 0) is 37.2 Å². The molecule has 1 amide bonds. The van der Waals surface area contributed by atoms with E-state index < -0.39 is 0 Å². The van der Waals surface area contributed by atoms with E-state index in [1.54, 1.807) is 7.05 Å². The van der Waals surface area contributed by atoms with E-state index in [-0.39, 0.29) is 11.3 Å². The number of amides is 1. The summed E-state index contributed by atoms with van der Waals surface area (Å²) in [6.07, 6.45) is 6.55. The number of guanidine groups is 1. The van der Waals surface area contributed by atoms with Crippen molar-refractivity contribution in [2.75, 3.05) is 33.7 Å². The standard InChI is InChI=1S/C21H32N4O/c1-22-19(26)15-17-9-13-25(14-10-17)20(23-2)24-16-21(11-6-12-21)18-7-4-3-5-8-18/h3-5,7-8,17H,6,9-16H2,1-2H3,(H,22,26)(H,23,24). The second-order valence-electron chi connectivity index (χ2n) is 7.71. The number of nitrogens with one attached hydrogen (secondary N) is 2. The van der Waals surface area contributed by atoms with Gasteiger partial charge in [-0.3, -0.25) is 9.79 Å². The minimum Gasteiger partial charge on any atom is -0.359 e. The summed E-state index contributed by atoms with van der Waals surface area (Å²) in [6, 6.07) is 10.9. The molecule has 1 aromatic rings. The molecule has 2 N–H and O–H groups in total. The molecule has 0 bridgehead atoms. The summed E-state index contributed by atoms with van der Waals surface area (Å²) in [7, 11) is 3.58. The topological polar surface area (TPSA) is 56.7 Å². The molecule has 142 valence electrons. The predicted molar refractivity (Wildman–Crippen MR) is 106 cm³/mol. The van der Waals surface area contributed by atoms with Crippen LogP contribution in [0.25, 0.3) is 0 Å². The Morgan fingerprint density at radius 2 is 1.92 bits per heavy atom. The molecule has 2 fully saturated rings. The Hall–Kier alpha value is -2.04. The van der Waals surface area contributed by atoms with Gasteiger partial charge in [0.1, 0.15) is 0 Å². The third-order valence-electron chi connectivity index (χ3n) is 6.16.